The number of methoxy groups -OCH3 is 1. The van der Waals surface area contributed by atoms with Gasteiger partial charge in [-0.15, -0.1) is 0 Å². The van der Waals surface area contributed by atoms with Crippen molar-refractivity contribution in [3.8, 4) is 0 Å². The summed E-state index contributed by atoms with van der Waals surface area (Å²) in [6.45, 7) is 1.80. The van der Waals surface area contributed by atoms with Crippen molar-refractivity contribution in [3.05, 3.63) is 0 Å². The van der Waals surface area contributed by atoms with Crippen LogP contribution >= 0.6 is 0 Å². The van der Waals surface area contributed by atoms with Crippen LogP contribution in [-0.4, -0.2) is 66.3 Å². The molecule has 0 bridgehead atoms. The Morgan fingerprint density at radius 2 is 1.93 bits per heavy atom. The normalized spacial score (nSPS) is 41.8. The number of rotatable bonds is 4. The van der Waals surface area contributed by atoms with Crippen molar-refractivity contribution in [1.29, 1.82) is 0 Å². The van der Waals surface area contributed by atoms with Crippen molar-refractivity contribution in [2.24, 2.45) is 0 Å². The predicted octanol–water partition coefficient (Wildman–Crippen LogP) is -1.52. The molecular weight excluding hydrogens is 204 g/mol. The Balaban J connectivity index is 2.68. The van der Waals surface area contributed by atoms with Gasteiger partial charge in [0.25, 0.3) is 0 Å². The molecule has 1 saturated heterocycles. The van der Waals surface area contributed by atoms with Crippen LogP contribution in [0.2, 0.25) is 0 Å². The van der Waals surface area contributed by atoms with Gasteiger partial charge in [-0.25, -0.2) is 0 Å². The van der Waals surface area contributed by atoms with Crippen molar-refractivity contribution >= 4 is 0 Å². The Kier molecular flexibility index (Phi) is 4.91. The molecule has 0 aromatic heterocycles. The van der Waals surface area contributed by atoms with Gasteiger partial charge in [0.2, 0.25) is 0 Å². The highest BCUT2D eigenvalue weighted by Gasteiger charge is 2.44. The Hall–Kier alpha value is -0.240. The van der Waals surface area contributed by atoms with Crippen molar-refractivity contribution in [1.82, 2.24) is 0 Å². The van der Waals surface area contributed by atoms with E-state index in [9.17, 15) is 10.2 Å². The minimum Gasteiger partial charge on any atom is -0.394 e. The molecule has 1 heterocycles. The number of aliphatic hydroxyl groups excluding tert-OH is 3. The lowest BCUT2D eigenvalue weighted by atomic mass is 9.99. The van der Waals surface area contributed by atoms with E-state index >= 15 is 0 Å². The molecule has 0 radical (unpaired) electrons. The third-order valence-corrected chi connectivity index (χ3v) is 2.42. The van der Waals surface area contributed by atoms with Crippen molar-refractivity contribution in [3.63, 3.8) is 0 Å². The Morgan fingerprint density at radius 3 is 2.40 bits per heavy atom. The molecule has 5 unspecified atom stereocenters. The second kappa shape index (κ2) is 5.74. The van der Waals surface area contributed by atoms with Crippen LogP contribution in [0.4, 0.5) is 0 Å². The van der Waals surface area contributed by atoms with Crippen LogP contribution in [0.15, 0.2) is 0 Å². The first-order valence-corrected chi connectivity index (χ1v) is 4.92. The zero-order chi connectivity index (χ0) is 11.4. The first kappa shape index (κ1) is 12.8. The quantitative estimate of drug-likeness (QED) is 0.535. The predicted molar refractivity (Wildman–Crippen MR) is 50.2 cm³/mol. The second-order valence-corrected chi connectivity index (χ2v) is 3.36. The Labute approximate surface area is 88.4 Å². The molecule has 0 saturated carbocycles. The summed E-state index contributed by atoms with van der Waals surface area (Å²) in [4.78, 5) is 0. The van der Waals surface area contributed by atoms with E-state index in [1.807, 2.05) is 0 Å². The third kappa shape index (κ3) is 2.66. The lowest BCUT2D eigenvalue weighted by molar-refractivity contribution is -0.303. The van der Waals surface area contributed by atoms with Gasteiger partial charge in [-0.3, -0.25) is 0 Å². The fourth-order valence-corrected chi connectivity index (χ4v) is 1.65. The lowest BCUT2D eigenvalue weighted by Crippen LogP contribution is -2.59. The smallest absolute Gasteiger partial charge is 0.186 e. The van der Waals surface area contributed by atoms with Crippen LogP contribution in [0.3, 0.4) is 0 Å². The maximum atomic E-state index is 9.69. The highest BCUT2D eigenvalue weighted by atomic mass is 16.7. The maximum absolute atomic E-state index is 9.69. The second-order valence-electron chi connectivity index (χ2n) is 3.36. The Bertz CT molecular complexity index is 183. The van der Waals surface area contributed by atoms with Gasteiger partial charge in [0, 0.05) is 13.7 Å². The molecule has 15 heavy (non-hydrogen) atoms. The molecular formula is C9H18O6. The molecule has 0 amide bonds. The van der Waals surface area contributed by atoms with Gasteiger partial charge in [0.05, 0.1) is 6.61 Å². The van der Waals surface area contributed by atoms with Crippen molar-refractivity contribution in [2.45, 2.75) is 37.6 Å². The fourth-order valence-electron chi connectivity index (χ4n) is 1.65. The van der Waals surface area contributed by atoms with E-state index in [1.165, 1.54) is 7.11 Å². The van der Waals surface area contributed by atoms with E-state index in [-0.39, 0.29) is 6.61 Å². The minimum absolute atomic E-state index is 0.300. The summed E-state index contributed by atoms with van der Waals surface area (Å²) in [6, 6.07) is 0. The van der Waals surface area contributed by atoms with E-state index < -0.39 is 30.7 Å². The van der Waals surface area contributed by atoms with E-state index in [1.54, 1.807) is 6.92 Å². The van der Waals surface area contributed by atoms with Crippen LogP contribution in [0.25, 0.3) is 0 Å². The lowest BCUT2D eigenvalue weighted by Gasteiger charge is -2.41. The zero-order valence-electron chi connectivity index (χ0n) is 8.87. The summed E-state index contributed by atoms with van der Waals surface area (Å²) in [5.41, 5.74) is 0. The molecule has 1 aliphatic heterocycles. The molecule has 5 atom stereocenters. The molecule has 3 N–H and O–H groups in total. The first-order valence-electron chi connectivity index (χ1n) is 4.92. The average molecular weight is 222 g/mol. The standard InChI is InChI=1S/C9H18O6/c1-3-14-9-7(12)6(11)8(13-2)5(4-10)15-9/h5-12H,3-4H2,1-2H3. The number of hydrogen-bond acceptors (Lipinski definition) is 6. The van der Waals surface area contributed by atoms with Gasteiger partial charge < -0.3 is 29.5 Å². The molecule has 90 valence electrons. The fraction of sp³-hybridized carbons (Fsp3) is 1.00. The van der Waals surface area contributed by atoms with E-state index in [4.69, 9.17) is 19.3 Å². The zero-order valence-corrected chi connectivity index (χ0v) is 8.87. The summed E-state index contributed by atoms with van der Waals surface area (Å²) in [5, 5.41) is 28.3. The van der Waals surface area contributed by atoms with E-state index in [2.05, 4.69) is 0 Å². The van der Waals surface area contributed by atoms with Crippen LogP contribution in [0.5, 0.6) is 0 Å². The molecule has 1 fully saturated rings. The highest BCUT2D eigenvalue weighted by Crippen LogP contribution is 2.23. The van der Waals surface area contributed by atoms with Gasteiger partial charge in [-0.1, -0.05) is 0 Å². The SMILES string of the molecule is CCOC1OC(CO)C(OC)C(O)C1O. The molecule has 0 spiro atoms. The van der Waals surface area contributed by atoms with Gasteiger partial charge in [0.1, 0.15) is 24.4 Å². The maximum Gasteiger partial charge on any atom is 0.186 e. The summed E-state index contributed by atoms with van der Waals surface area (Å²) in [7, 11) is 1.38. The highest BCUT2D eigenvalue weighted by molar-refractivity contribution is 4.89. The molecule has 0 aliphatic carbocycles. The number of ether oxygens (including phenoxy) is 3. The summed E-state index contributed by atoms with van der Waals surface area (Å²) < 4.78 is 15.3. The topological polar surface area (TPSA) is 88.4 Å². The summed E-state index contributed by atoms with van der Waals surface area (Å²) in [6.07, 6.45) is -4.66. The molecule has 1 rings (SSSR count). The van der Waals surface area contributed by atoms with Gasteiger partial charge in [0.15, 0.2) is 6.29 Å². The van der Waals surface area contributed by atoms with Crippen LogP contribution in [0.1, 0.15) is 6.92 Å². The molecule has 0 aromatic carbocycles. The van der Waals surface area contributed by atoms with Gasteiger partial charge in [-0.05, 0) is 6.92 Å². The third-order valence-electron chi connectivity index (χ3n) is 2.42. The van der Waals surface area contributed by atoms with Gasteiger partial charge >= 0.3 is 0 Å². The van der Waals surface area contributed by atoms with E-state index in [0.29, 0.717) is 6.61 Å². The average Bonchev–Trinajstić information content (AvgIpc) is 2.24. The monoisotopic (exact) mass is 222 g/mol. The summed E-state index contributed by atoms with van der Waals surface area (Å²) in [5.74, 6) is 0. The largest absolute Gasteiger partial charge is 0.394 e. The molecule has 1 aliphatic rings. The molecule has 0 aromatic rings. The van der Waals surface area contributed by atoms with E-state index in [0.717, 1.165) is 0 Å². The first-order chi connectivity index (χ1) is 7.15. The minimum atomic E-state index is -1.17. The van der Waals surface area contributed by atoms with Crippen LogP contribution < -0.4 is 0 Å². The van der Waals surface area contributed by atoms with Crippen molar-refractivity contribution < 1.29 is 29.5 Å². The summed E-state index contributed by atoms with van der Waals surface area (Å²) >= 11 is 0. The molecule has 6 nitrogen and oxygen atoms in total. The van der Waals surface area contributed by atoms with Crippen LogP contribution in [0, 0.1) is 0 Å². The van der Waals surface area contributed by atoms with Gasteiger partial charge in [-0.2, -0.15) is 0 Å². The van der Waals surface area contributed by atoms with Crippen LogP contribution in [-0.2, 0) is 14.2 Å². The molecule has 6 heteroatoms. The number of aliphatic hydroxyl groups is 3. The van der Waals surface area contributed by atoms with Crippen molar-refractivity contribution in [2.75, 3.05) is 20.3 Å². The Morgan fingerprint density at radius 1 is 1.27 bits per heavy atom. The number of hydrogen-bond donors (Lipinski definition) is 3.